The van der Waals surface area contributed by atoms with Gasteiger partial charge in [-0.25, -0.2) is 0 Å². The Labute approximate surface area is 113 Å². The van der Waals surface area contributed by atoms with E-state index in [1.54, 1.807) is 0 Å². The van der Waals surface area contributed by atoms with E-state index in [0.29, 0.717) is 0 Å². The van der Waals surface area contributed by atoms with Crippen LogP contribution in [0.3, 0.4) is 0 Å². The largest absolute Gasteiger partial charge is 0.481 e. The fourth-order valence-electron chi connectivity index (χ4n) is 2.79. The fraction of sp³-hybridized carbons (Fsp3) is 0.714. The first kappa shape index (κ1) is 13.6. The Bertz CT molecular complexity index is 376. The van der Waals surface area contributed by atoms with Gasteiger partial charge in [0.25, 0.3) is 0 Å². The highest BCUT2D eigenvalue weighted by Gasteiger charge is 2.30. The summed E-state index contributed by atoms with van der Waals surface area (Å²) in [6, 6.07) is -0.0601. The van der Waals surface area contributed by atoms with Crippen molar-refractivity contribution >= 4 is 23.8 Å². The van der Waals surface area contributed by atoms with Gasteiger partial charge in [0, 0.05) is 11.2 Å². The molecule has 0 aromatic heterocycles. The minimum absolute atomic E-state index is 0.0601. The lowest BCUT2D eigenvalue weighted by molar-refractivity contribution is -0.143. The van der Waals surface area contributed by atoms with E-state index in [1.165, 1.54) is 0 Å². The third-order valence-corrected chi connectivity index (χ3v) is 4.34. The fourth-order valence-corrected chi connectivity index (χ4v) is 3.07. The highest BCUT2D eigenvalue weighted by atomic mass is 35.5. The van der Waals surface area contributed by atoms with Gasteiger partial charge in [-0.1, -0.05) is 24.4 Å². The van der Waals surface area contributed by atoms with Gasteiger partial charge in [-0.3, -0.25) is 9.79 Å². The summed E-state index contributed by atoms with van der Waals surface area (Å²) in [4.78, 5) is 15.7. The van der Waals surface area contributed by atoms with E-state index >= 15 is 0 Å². The average molecular weight is 270 g/mol. The summed E-state index contributed by atoms with van der Waals surface area (Å²) < 4.78 is 0. The van der Waals surface area contributed by atoms with Crippen molar-refractivity contribution in [1.82, 2.24) is 0 Å². The highest BCUT2D eigenvalue weighted by molar-refractivity contribution is 6.31. The zero-order valence-electron chi connectivity index (χ0n) is 10.6. The Balaban J connectivity index is 2.04. The van der Waals surface area contributed by atoms with Crippen LogP contribution in [0.15, 0.2) is 15.6 Å². The maximum Gasteiger partial charge on any atom is 0.308 e. The van der Waals surface area contributed by atoms with Gasteiger partial charge in [0.1, 0.15) is 0 Å². The van der Waals surface area contributed by atoms with Crippen molar-refractivity contribution in [2.45, 2.75) is 57.4 Å². The SMILES string of the molecule is O=C(O)C1CCCCC1N=CC1=C(Cl)CCCC1. The Hall–Kier alpha value is -0.830. The first-order chi connectivity index (χ1) is 8.68. The summed E-state index contributed by atoms with van der Waals surface area (Å²) in [5.74, 6) is -1.02. The second kappa shape index (κ2) is 6.37. The lowest BCUT2D eigenvalue weighted by Crippen LogP contribution is -2.30. The lowest BCUT2D eigenvalue weighted by Gasteiger charge is -2.25. The molecule has 0 aromatic carbocycles. The number of carboxylic acids is 1. The van der Waals surface area contributed by atoms with E-state index in [2.05, 4.69) is 4.99 Å². The topological polar surface area (TPSA) is 49.7 Å². The minimum Gasteiger partial charge on any atom is -0.481 e. The predicted molar refractivity (Wildman–Crippen MR) is 73.2 cm³/mol. The maximum atomic E-state index is 11.2. The molecule has 0 aliphatic heterocycles. The van der Waals surface area contributed by atoms with Crippen LogP contribution in [-0.2, 0) is 4.79 Å². The van der Waals surface area contributed by atoms with Crippen molar-refractivity contribution < 1.29 is 9.90 Å². The molecule has 18 heavy (non-hydrogen) atoms. The van der Waals surface area contributed by atoms with Crippen LogP contribution in [0.5, 0.6) is 0 Å². The molecule has 2 unspecified atom stereocenters. The number of hydrogen-bond donors (Lipinski definition) is 1. The summed E-state index contributed by atoms with van der Waals surface area (Å²) in [5.41, 5.74) is 1.11. The van der Waals surface area contributed by atoms with Crippen LogP contribution in [-0.4, -0.2) is 23.3 Å². The van der Waals surface area contributed by atoms with Gasteiger partial charge in [-0.2, -0.15) is 0 Å². The first-order valence-electron chi connectivity index (χ1n) is 6.82. The molecule has 2 atom stereocenters. The standard InChI is InChI=1S/C14H20ClNO2/c15-12-7-3-1-5-10(12)9-16-13-8-4-2-6-11(13)14(17)18/h9,11,13H,1-8H2,(H,17,18). The van der Waals surface area contributed by atoms with Gasteiger partial charge in [0.05, 0.1) is 12.0 Å². The molecule has 0 bridgehead atoms. The van der Waals surface area contributed by atoms with E-state index in [-0.39, 0.29) is 12.0 Å². The molecule has 1 fully saturated rings. The number of hydrogen-bond acceptors (Lipinski definition) is 2. The number of rotatable bonds is 3. The van der Waals surface area contributed by atoms with E-state index < -0.39 is 5.97 Å². The van der Waals surface area contributed by atoms with Crippen molar-refractivity contribution in [3.05, 3.63) is 10.6 Å². The lowest BCUT2D eigenvalue weighted by atomic mass is 9.85. The van der Waals surface area contributed by atoms with Crippen LogP contribution in [0.1, 0.15) is 51.4 Å². The van der Waals surface area contributed by atoms with Crippen molar-refractivity contribution in [3.8, 4) is 0 Å². The number of nitrogens with zero attached hydrogens (tertiary/aromatic N) is 1. The van der Waals surface area contributed by atoms with Crippen LogP contribution in [0.25, 0.3) is 0 Å². The number of allylic oxidation sites excluding steroid dienone is 2. The third-order valence-electron chi connectivity index (χ3n) is 3.91. The number of carboxylic acid groups (broad SMARTS) is 1. The highest BCUT2D eigenvalue weighted by Crippen LogP contribution is 2.29. The van der Waals surface area contributed by atoms with Gasteiger partial charge >= 0.3 is 5.97 Å². The summed E-state index contributed by atoms with van der Waals surface area (Å²) in [6.45, 7) is 0. The molecule has 0 spiro atoms. The van der Waals surface area contributed by atoms with Crippen molar-refractivity contribution in [1.29, 1.82) is 0 Å². The first-order valence-corrected chi connectivity index (χ1v) is 7.20. The Morgan fingerprint density at radius 3 is 2.67 bits per heavy atom. The monoisotopic (exact) mass is 269 g/mol. The molecule has 2 rings (SSSR count). The molecule has 0 aromatic rings. The number of halogens is 1. The smallest absolute Gasteiger partial charge is 0.308 e. The van der Waals surface area contributed by atoms with E-state index in [1.807, 2.05) is 6.21 Å². The number of aliphatic imine (C=N–C) groups is 1. The normalized spacial score (nSPS) is 29.8. The average Bonchev–Trinajstić information content (AvgIpc) is 2.38. The van der Waals surface area contributed by atoms with Crippen LogP contribution >= 0.6 is 11.6 Å². The predicted octanol–water partition coefficient (Wildman–Crippen LogP) is 3.77. The molecule has 100 valence electrons. The van der Waals surface area contributed by atoms with Crippen LogP contribution in [0.2, 0.25) is 0 Å². The van der Waals surface area contributed by atoms with Gasteiger partial charge in [0.15, 0.2) is 0 Å². The molecule has 4 heteroatoms. The Kier molecular flexibility index (Phi) is 4.81. The molecular formula is C14H20ClNO2. The maximum absolute atomic E-state index is 11.2. The molecule has 0 radical (unpaired) electrons. The molecule has 3 nitrogen and oxygen atoms in total. The Morgan fingerprint density at radius 2 is 1.94 bits per heavy atom. The minimum atomic E-state index is -0.708. The van der Waals surface area contributed by atoms with Crippen molar-refractivity contribution in [2.24, 2.45) is 10.9 Å². The van der Waals surface area contributed by atoms with Crippen molar-refractivity contribution in [3.63, 3.8) is 0 Å². The van der Waals surface area contributed by atoms with E-state index in [0.717, 1.165) is 62.0 Å². The molecule has 2 aliphatic carbocycles. The zero-order valence-corrected chi connectivity index (χ0v) is 11.3. The van der Waals surface area contributed by atoms with Crippen LogP contribution < -0.4 is 0 Å². The molecule has 0 amide bonds. The summed E-state index contributed by atoms with van der Waals surface area (Å²) >= 11 is 6.17. The van der Waals surface area contributed by atoms with Gasteiger partial charge in [-0.05, 0) is 44.1 Å². The van der Waals surface area contributed by atoms with E-state index in [9.17, 15) is 9.90 Å². The van der Waals surface area contributed by atoms with Gasteiger partial charge < -0.3 is 5.11 Å². The molecular weight excluding hydrogens is 250 g/mol. The summed E-state index contributed by atoms with van der Waals surface area (Å²) in [6.07, 6.45) is 9.80. The second-order valence-electron chi connectivity index (χ2n) is 5.21. The molecule has 1 N–H and O–H groups in total. The molecule has 0 heterocycles. The molecule has 0 saturated heterocycles. The third kappa shape index (κ3) is 3.35. The van der Waals surface area contributed by atoms with Gasteiger partial charge in [-0.15, -0.1) is 0 Å². The quantitative estimate of drug-likeness (QED) is 0.793. The molecule has 2 aliphatic rings. The van der Waals surface area contributed by atoms with E-state index in [4.69, 9.17) is 11.6 Å². The van der Waals surface area contributed by atoms with Gasteiger partial charge in [0.2, 0.25) is 0 Å². The number of carbonyl (C=O) groups is 1. The second-order valence-corrected chi connectivity index (χ2v) is 5.67. The van der Waals surface area contributed by atoms with Crippen LogP contribution in [0.4, 0.5) is 0 Å². The van der Waals surface area contributed by atoms with Crippen LogP contribution in [0, 0.1) is 5.92 Å². The molecule has 1 saturated carbocycles. The summed E-state index contributed by atoms with van der Waals surface area (Å²) in [5, 5.41) is 10.1. The van der Waals surface area contributed by atoms with Crippen molar-refractivity contribution in [2.75, 3.05) is 0 Å². The summed E-state index contributed by atoms with van der Waals surface area (Å²) in [7, 11) is 0. The Morgan fingerprint density at radius 1 is 1.22 bits per heavy atom. The number of aliphatic carboxylic acids is 1. The zero-order chi connectivity index (χ0) is 13.0.